The van der Waals surface area contributed by atoms with Gasteiger partial charge in [0.15, 0.2) is 11.5 Å². The monoisotopic (exact) mass is 346 g/mol. The molecule has 1 saturated heterocycles. The highest BCUT2D eigenvalue weighted by atomic mass is 16.5. The summed E-state index contributed by atoms with van der Waals surface area (Å²) < 4.78 is 16.0. The summed E-state index contributed by atoms with van der Waals surface area (Å²) in [7, 11) is 3.17. The van der Waals surface area contributed by atoms with Gasteiger partial charge in [0, 0.05) is 24.6 Å². The third-order valence-electron chi connectivity index (χ3n) is 4.46. The van der Waals surface area contributed by atoms with Crippen molar-refractivity contribution in [2.75, 3.05) is 33.9 Å². The van der Waals surface area contributed by atoms with E-state index in [-0.39, 0.29) is 18.4 Å². The highest BCUT2D eigenvalue weighted by Crippen LogP contribution is 2.33. The molecule has 0 unspecified atom stereocenters. The van der Waals surface area contributed by atoms with Crippen LogP contribution in [0.3, 0.4) is 0 Å². The molecule has 0 spiro atoms. The third-order valence-corrected chi connectivity index (χ3v) is 4.46. The van der Waals surface area contributed by atoms with Gasteiger partial charge in [-0.15, -0.1) is 0 Å². The lowest BCUT2D eigenvalue weighted by molar-refractivity contribution is -0.130. The van der Waals surface area contributed by atoms with Crippen LogP contribution in [-0.2, 0) is 4.79 Å². The molecule has 2 N–H and O–H groups in total. The fourth-order valence-electron chi connectivity index (χ4n) is 3.00. The number of carbonyl (C=O) groups excluding carboxylic acids is 1. The maximum Gasteiger partial charge on any atom is 0.236 e. The van der Waals surface area contributed by atoms with Gasteiger partial charge in [-0.05, 0) is 31.0 Å². The molecule has 0 radical (unpaired) electrons. The molecule has 1 aromatic heterocycles. The molecule has 8 nitrogen and oxygen atoms in total. The standard InChI is InChI=1S/C17H22N4O4/c1-23-13-4-3-12(9-14(13)24-2)16-19-17(25-20-16)11-5-7-21(8-6-11)15(22)10-18/h3-4,9,11H,5-8,10,18H2,1-2H3. The van der Waals surface area contributed by atoms with Crippen LogP contribution >= 0.6 is 0 Å². The maximum absolute atomic E-state index is 11.6. The van der Waals surface area contributed by atoms with E-state index in [4.69, 9.17) is 19.7 Å². The van der Waals surface area contributed by atoms with Crippen molar-refractivity contribution in [3.8, 4) is 22.9 Å². The number of rotatable bonds is 5. The molecule has 8 heteroatoms. The van der Waals surface area contributed by atoms with Gasteiger partial charge in [-0.1, -0.05) is 5.16 Å². The molecule has 1 aliphatic heterocycles. The molecule has 3 rings (SSSR count). The van der Waals surface area contributed by atoms with Gasteiger partial charge in [0.25, 0.3) is 0 Å². The van der Waals surface area contributed by atoms with Gasteiger partial charge >= 0.3 is 0 Å². The summed E-state index contributed by atoms with van der Waals surface area (Å²) in [4.78, 5) is 17.9. The number of benzene rings is 1. The van der Waals surface area contributed by atoms with Crippen molar-refractivity contribution in [2.45, 2.75) is 18.8 Å². The number of methoxy groups -OCH3 is 2. The van der Waals surface area contributed by atoms with E-state index in [1.807, 2.05) is 12.1 Å². The van der Waals surface area contributed by atoms with E-state index in [2.05, 4.69) is 10.1 Å². The molecule has 1 fully saturated rings. The molecule has 1 amide bonds. The number of carbonyl (C=O) groups is 1. The van der Waals surface area contributed by atoms with Crippen LogP contribution in [-0.4, -0.2) is 54.8 Å². The molecule has 0 saturated carbocycles. The summed E-state index contributed by atoms with van der Waals surface area (Å²) in [5.74, 6) is 2.51. The fourth-order valence-corrected chi connectivity index (χ4v) is 3.00. The highest BCUT2D eigenvalue weighted by Gasteiger charge is 2.27. The van der Waals surface area contributed by atoms with Crippen molar-refractivity contribution < 1.29 is 18.8 Å². The number of piperidine rings is 1. The predicted octanol–water partition coefficient (Wildman–Crippen LogP) is 1.42. The van der Waals surface area contributed by atoms with Gasteiger partial charge in [-0.25, -0.2) is 0 Å². The van der Waals surface area contributed by atoms with Crippen molar-refractivity contribution in [3.05, 3.63) is 24.1 Å². The number of hydrogen-bond donors (Lipinski definition) is 1. The normalized spacial score (nSPS) is 15.2. The van der Waals surface area contributed by atoms with Gasteiger partial charge in [0.1, 0.15) is 0 Å². The highest BCUT2D eigenvalue weighted by molar-refractivity contribution is 5.78. The van der Waals surface area contributed by atoms with Crippen LogP contribution in [0.4, 0.5) is 0 Å². The summed E-state index contributed by atoms with van der Waals surface area (Å²) in [6, 6.07) is 5.48. The Bertz CT molecular complexity index is 738. The molecule has 2 aromatic rings. The Kier molecular flexibility index (Phi) is 5.18. The lowest BCUT2D eigenvalue weighted by Gasteiger charge is -2.30. The lowest BCUT2D eigenvalue weighted by Crippen LogP contribution is -2.41. The largest absolute Gasteiger partial charge is 0.493 e. The van der Waals surface area contributed by atoms with E-state index < -0.39 is 0 Å². The summed E-state index contributed by atoms with van der Waals surface area (Å²) in [5, 5.41) is 4.08. The van der Waals surface area contributed by atoms with Crippen molar-refractivity contribution in [2.24, 2.45) is 5.73 Å². The molecule has 0 bridgehead atoms. The molecule has 0 atom stereocenters. The Balaban J connectivity index is 1.72. The second kappa shape index (κ2) is 7.52. The fraction of sp³-hybridized carbons (Fsp3) is 0.471. The number of amides is 1. The van der Waals surface area contributed by atoms with Gasteiger partial charge in [0.2, 0.25) is 17.6 Å². The molecular weight excluding hydrogens is 324 g/mol. The molecule has 2 heterocycles. The third kappa shape index (κ3) is 3.58. The zero-order valence-electron chi connectivity index (χ0n) is 14.4. The number of likely N-dealkylation sites (tertiary alicyclic amines) is 1. The van der Waals surface area contributed by atoms with E-state index in [9.17, 15) is 4.79 Å². The minimum atomic E-state index is -0.0185. The average Bonchev–Trinajstić information content (AvgIpc) is 3.17. The summed E-state index contributed by atoms with van der Waals surface area (Å²) in [6.45, 7) is 1.37. The zero-order chi connectivity index (χ0) is 17.8. The van der Waals surface area contributed by atoms with Crippen LogP contribution in [0, 0.1) is 0 Å². The lowest BCUT2D eigenvalue weighted by atomic mass is 9.96. The number of nitrogens with zero attached hydrogens (tertiary/aromatic N) is 3. The summed E-state index contributed by atoms with van der Waals surface area (Å²) in [5.41, 5.74) is 6.20. The zero-order valence-corrected chi connectivity index (χ0v) is 14.4. The van der Waals surface area contributed by atoms with E-state index in [1.165, 1.54) is 0 Å². The van der Waals surface area contributed by atoms with Gasteiger partial charge < -0.3 is 24.6 Å². The Morgan fingerprint density at radius 3 is 2.64 bits per heavy atom. The number of ether oxygens (including phenoxy) is 2. The topological polar surface area (TPSA) is 104 Å². The summed E-state index contributed by atoms with van der Waals surface area (Å²) >= 11 is 0. The van der Waals surface area contributed by atoms with Gasteiger partial charge in [-0.2, -0.15) is 4.98 Å². The second-order valence-corrected chi connectivity index (χ2v) is 5.89. The SMILES string of the molecule is COc1ccc(-c2noc(C3CCN(C(=O)CN)CC3)n2)cc1OC. The maximum atomic E-state index is 11.6. The Morgan fingerprint density at radius 1 is 1.28 bits per heavy atom. The Hall–Kier alpha value is -2.61. The predicted molar refractivity (Wildman–Crippen MR) is 90.4 cm³/mol. The molecular formula is C17H22N4O4. The number of nitrogens with two attached hydrogens (primary N) is 1. The van der Waals surface area contributed by atoms with Crippen LogP contribution in [0.25, 0.3) is 11.4 Å². The van der Waals surface area contributed by atoms with E-state index in [0.29, 0.717) is 36.3 Å². The van der Waals surface area contributed by atoms with Crippen molar-refractivity contribution in [1.29, 1.82) is 0 Å². The van der Waals surface area contributed by atoms with Crippen LogP contribution in [0.15, 0.2) is 22.7 Å². The first kappa shape index (κ1) is 17.2. The Labute approximate surface area is 145 Å². The van der Waals surface area contributed by atoms with Crippen molar-refractivity contribution in [1.82, 2.24) is 15.0 Å². The van der Waals surface area contributed by atoms with Crippen LogP contribution < -0.4 is 15.2 Å². The summed E-state index contributed by atoms with van der Waals surface area (Å²) in [6.07, 6.45) is 1.58. The Morgan fingerprint density at radius 2 is 2.00 bits per heavy atom. The molecule has 25 heavy (non-hydrogen) atoms. The van der Waals surface area contributed by atoms with E-state index in [1.54, 1.807) is 25.2 Å². The second-order valence-electron chi connectivity index (χ2n) is 5.89. The number of aromatic nitrogens is 2. The molecule has 1 aromatic carbocycles. The average molecular weight is 346 g/mol. The first-order valence-electron chi connectivity index (χ1n) is 8.20. The van der Waals surface area contributed by atoms with Crippen LogP contribution in [0.2, 0.25) is 0 Å². The van der Waals surface area contributed by atoms with E-state index in [0.717, 1.165) is 18.4 Å². The van der Waals surface area contributed by atoms with Crippen molar-refractivity contribution >= 4 is 5.91 Å². The first-order valence-corrected chi connectivity index (χ1v) is 8.20. The molecule has 1 aliphatic rings. The van der Waals surface area contributed by atoms with Crippen LogP contribution in [0.1, 0.15) is 24.7 Å². The minimum absolute atomic E-state index is 0.0185. The van der Waals surface area contributed by atoms with E-state index >= 15 is 0 Å². The minimum Gasteiger partial charge on any atom is -0.493 e. The smallest absolute Gasteiger partial charge is 0.236 e. The van der Waals surface area contributed by atoms with Crippen molar-refractivity contribution in [3.63, 3.8) is 0 Å². The van der Waals surface area contributed by atoms with Gasteiger partial charge in [0.05, 0.1) is 20.8 Å². The van der Waals surface area contributed by atoms with Gasteiger partial charge in [-0.3, -0.25) is 4.79 Å². The molecule has 0 aliphatic carbocycles. The van der Waals surface area contributed by atoms with Crippen LogP contribution in [0.5, 0.6) is 11.5 Å². The number of hydrogen-bond acceptors (Lipinski definition) is 7. The first-order chi connectivity index (χ1) is 12.2. The quantitative estimate of drug-likeness (QED) is 0.873. The molecule has 134 valence electrons.